The Hall–Kier alpha value is -2.06. The van der Waals surface area contributed by atoms with Crippen LogP contribution in [0.5, 0.6) is 10.8 Å². The van der Waals surface area contributed by atoms with Crippen molar-refractivity contribution in [3.63, 3.8) is 0 Å². The monoisotopic (exact) mass is 533 g/mol. The second-order valence-electron chi connectivity index (χ2n) is 7.39. The van der Waals surface area contributed by atoms with Crippen molar-refractivity contribution >= 4 is 33.7 Å². The fourth-order valence-corrected chi connectivity index (χ4v) is 5.77. The Morgan fingerprint density at radius 1 is 1.09 bits per heavy atom. The molecule has 2 aromatic rings. The molecule has 1 aliphatic rings. The number of ether oxygens (including phenoxy) is 1. The van der Waals surface area contributed by atoms with Crippen molar-refractivity contribution in [1.82, 2.24) is 4.72 Å². The first-order valence-electron chi connectivity index (χ1n) is 11.9. The summed E-state index contributed by atoms with van der Waals surface area (Å²) in [5.41, 5.74) is 3.21. The molecule has 3 N–H and O–H groups in total. The highest BCUT2D eigenvalue weighted by Gasteiger charge is 2.22. The van der Waals surface area contributed by atoms with Crippen molar-refractivity contribution in [2.75, 3.05) is 6.54 Å². The number of allylic oxidation sites excluding steroid dienone is 8. The number of hydrogen-bond donors (Lipinski definition) is 3. The number of aryl methyl sites for hydroxylation is 1. The Bertz CT molecular complexity index is 1080. The van der Waals surface area contributed by atoms with E-state index in [0.717, 1.165) is 41.7 Å². The predicted molar refractivity (Wildman–Crippen MR) is 154 cm³/mol. The fourth-order valence-electron chi connectivity index (χ4n) is 3.08. The van der Waals surface area contributed by atoms with Gasteiger partial charge in [0.15, 0.2) is 0 Å². The van der Waals surface area contributed by atoms with Crippen LogP contribution < -0.4 is 9.46 Å². The molecule has 3 rings (SSSR count). The lowest BCUT2D eigenvalue weighted by Gasteiger charge is -2.31. The quantitative estimate of drug-likeness (QED) is 0.266. The van der Waals surface area contributed by atoms with Crippen LogP contribution in [-0.4, -0.2) is 15.7 Å². The maximum Gasteiger partial charge on any atom is 0.201 e. The van der Waals surface area contributed by atoms with Gasteiger partial charge < -0.3 is 4.74 Å². The van der Waals surface area contributed by atoms with E-state index in [4.69, 9.17) is 16.3 Å². The van der Waals surface area contributed by atoms with Gasteiger partial charge in [0, 0.05) is 6.54 Å². The van der Waals surface area contributed by atoms with E-state index in [-0.39, 0.29) is 0 Å². The van der Waals surface area contributed by atoms with Crippen molar-refractivity contribution in [2.24, 2.45) is 0 Å². The van der Waals surface area contributed by atoms with Gasteiger partial charge >= 0.3 is 0 Å². The highest BCUT2D eigenvalue weighted by atomic mass is 35.5. The molecule has 7 heteroatoms. The van der Waals surface area contributed by atoms with E-state index in [1.807, 2.05) is 62.4 Å². The van der Waals surface area contributed by atoms with E-state index >= 15 is 0 Å². The molecule has 1 aromatic carbocycles. The summed E-state index contributed by atoms with van der Waals surface area (Å²) >= 11 is 7.47. The van der Waals surface area contributed by atoms with Gasteiger partial charge in [-0.1, -0.05) is 111 Å². The maximum absolute atomic E-state index is 10.8. The minimum atomic E-state index is -3.25. The third kappa shape index (κ3) is 9.15. The molecule has 0 unspecified atom stereocenters. The molecule has 35 heavy (non-hydrogen) atoms. The van der Waals surface area contributed by atoms with Gasteiger partial charge in [0.25, 0.3) is 0 Å². The van der Waals surface area contributed by atoms with Crippen molar-refractivity contribution in [2.45, 2.75) is 51.2 Å². The largest absolute Gasteiger partial charge is 0.445 e. The van der Waals surface area contributed by atoms with Gasteiger partial charge in [-0.3, -0.25) is 9.11 Å². The molecule has 4 nitrogen and oxygen atoms in total. The Labute approximate surface area is 220 Å². The molecular weight excluding hydrogens is 498 g/mol. The van der Waals surface area contributed by atoms with Crippen molar-refractivity contribution < 1.29 is 13.8 Å². The smallest absolute Gasteiger partial charge is 0.201 e. The summed E-state index contributed by atoms with van der Waals surface area (Å²) < 4.78 is 30.8. The molecule has 0 fully saturated rings. The predicted octanol–water partition coefficient (Wildman–Crippen LogP) is 9.73. The van der Waals surface area contributed by atoms with Crippen LogP contribution in [0.3, 0.4) is 0 Å². The Morgan fingerprint density at radius 2 is 1.80 bits per heavy atom. The van der Waals surface area contributed by atoms with Crippen LogP contribution in [0.15, 0.2) is 94.3 Å². The number of hydrogen-bond acceptors (Lipinski definition) is 5. The molecular formula is C28H36ClNO3S2. The number of halogens is 1. The molecule has 190 valence electrons. The number of nitrogens with one attached hydrogen (secondary N) is 1. The van der Waals surface area contributed by atoms with E-state index in [1.165, 1.54) is 5.56 Å². The van der Waals surface area contributed by atoms with Gasteiger partial charge in [-0.05, 0) is 54.2 Å². The maximum atomic E-state index is 10.8. The standard InChI is InChI=1S/C26H30ClNO3S2.C2H6/c1-3-5-6-8-11-21-12-9-7-10-13-22(21)19-28-33(29,30)25-18-24(27)26(32-25)31-23-16-14-20(4-2)15-17-23;1-2/h5-6,8-18,28-30H,3-4,7,19H2,1-2H3;1-2H3/b6-5-,11-8-;. The second kappa shape index (κ2) is 15.1. The fraction of sp³-hybridized carbons (Fsp3) is 0.286. The molecule has 0 spiro atoms. The number of benzene rings is 1. The summed E-state index contributed by atoms with van der Waals surface area (Å²) in [5, 5.41) is 0.778. The average Bonchev–Trinajstić information content (AvgIpc) is 3.10. The topological polar surface area (TPSA) is 61.7 Å². The lowest BCUT2D eigenvalue weighted by Crippen LogP contribution is -2.22. The molecule has 0 aliphatic heterocycles. The lowest BCUT2D eigenvalue weighted by atomic mass is 10.1. The van der Waals surface area contributed by atoms with E-state index in [0.29, 0.717) is 26.6 Å². The summed E-state index contributed by atoms with van der Waals surface area (Å²) in [4.78, 5) is 0. The van der Waals surface area contributed by atoms with E-state index in [9.17, 15) is 9.11 Å². The molecule has 0 atom stereocenters. The van der Waals surface area contributed by atoms with Crippen LogP contribution in [0.1, 0.15) is 46.1 Å². The van der Waals surface area contributed by atoms with Gasteiger partial charge in [0.05, 0.1) is 5.02 Å². The van der Waals surface area contributed by atoms with Crippen molar-refractivity contribution in [1.29, 1.82) is 0 Å². The molecule has 0 radical (unpaired) electrons. The van der Waals surface area contributed by atoms with Gasteiger partial charge in [-0.15, -0.1) is 10.8 Å². The van der Waals surface area contributed by atoms with Gasteiger partial charge in [0.2, 0.25) is 5.06 Å². The number of rotatable bonds is 10. The second-order valence-corrected chi connectivity index (χ2v) is 10.9. The molecule has 0 saturated carbocycles. The first-order valence-corrected chi connectivity index (χ1v) is 14.7. The van der Waals surface area contributed by atoms with E-state index < -0.39 is 10.8 Å². The molecule has 1 aromatic heterocycles. The van der Waals surface area contributed by atoms with Crippen LogP contribution in [0.4, 0.5) is 0 Å². The van der Waals surface area contributed by atoms with E-state index in [2.05, 4.69) is 42.9 Å². The highest BCUT2D eigenvalue weighted by molar-refractivity contribution is 8.24. The molecule has 1 aliphatic carbocycles. The Balaban J connectivity index is 0.00000210. The Kier molecular flexibility index (Phi) is 12.6. The minimum Gasteiger partial charge on any atom is -0.445 e. The van der Waals surface area contributed by atoms with Crippen LogP contribution in [0.2, 0.25) is 5.02 Å². The minimum absolute atomic E-state index is 0.296. The average molecular weight is 534 g/mol. The first kappa shape index (κ1) is 29.2. The molecule has 0 saturated heterocycles. The Morgan fingerprint density at radius 3 is 2.49 bits per heavy atom. The number of thiophene rings is 1. The van der Waals surface area contributed by atoms with Crippen LogP contribution in [-0.2, 0) is 6.42 Å². The molecule has 1 heterocycles. The SMILES string of the molecule is CC.CC/C=C\C=C/C1=C(CNS(O)(O)c2cc(Cl)c(Oc3ccc(CC)cc3)s2)C=CCC=C1. The summed E-state index contributed by atoms with van der Waals surface area (Å²) in [6, 6.07) is 9.32. The van der Waals surface area contributed by atoms with Crippen molar-refractivity contribution in [3.05, 3.63) is 101 Å². The van der Waals surface area contributed by atoms with Crippen LogP contribution in [0.25, 0.3) is 0 Å². The summed E-state index contributed by atoms with van der Waals surface area (Å²) in [6.07, 6.45) is 19.1. The normalized spacial score (nSPS) is 14.4. The molecule has 0 amide bonds. The molecule has 0 bridgehead atoms. The summed E-state index contributed by atoms with van der Waals surface area (Å²) in [6.45, 7) is 8.48. The third-order valence-electron chi connectivity index (χ3n) is 4.94. The summed E-state index contributed by atoms with van der Waals surface area (Å²) in [7, 11) is -3.25. The van der Waals surface area contributed by atoms with Crippen LogP contribution in [0, 0.1) is 0 Å². The highest BCUT2D eigenvalue weighted by Crippen LogP contribution is 2.53. The van der Waals surface area contributed by atoms with Crippen LogP contribution >= 0.6 is 33.7 Å². The zero-order valence-corrected chi connectivity index (χ0v) is 23.2. The van der Waals surface area contributed by atoms with Gasteiger partial charge in [-0.25, -0.2) is 4.72 Å². The van der Waals surface area contributed by atoms with Gasteiger partial charge in [0.1, 0.15) is 9.96 Å². The van der Waals surface area contributed by atoms with E-state index in [1.54, 1.807) is 6.07 Å². The lowest BCUT2D eigenvalue weighted by molar-refractivity contribution is 0.475. The first-order chi connectivity index (χ1) is 16.9. The zero-order valence-electron chi connectivity index (χ0n) is 20.8. The van der Waals surface area contributed by atoms with Crippen molar-refractivity contribution in [3.8, 4) is 10.8 Å². The third-order valence-corrected chi connectivity index (χ3v) is 8.31. The zero-order chi connectivity index (χ0) is 25.7. The van der Waals surface area contributed by atoms with Gasteiger partial charge in [-0.2, -0.15) is 0 Å². The summed E-state index contributed by atoms with van der Waals surface area (Å²) in [5.74, 6) is 0.654.